The molecule has 1 heterocycles. The molecule has 1 aromatic heterocycles. The number of carbonyl (C=O) groups excluding carboxylic acids is 1. The summed E-state index contributed by atoms with van der Waals surface area (Å²) in [6, 6.07) is 10.0. The third kappa shape index (κ3) is 5.62. The van der Waals surface area contributed by atoms with E-state index in [1.807, 2.05) is 31.1 Å². The van der Waals surface area contributed by atoms with Crippen LogP contribution in [-0.2, 0) is 13.1 Å². The van der Waals surface area contributed by atoms with Crippen molar-refractivity contribution in [3.8, 4) is 0 Å². The van der Waals surface area contributed by atoms with Gasteiger partial charge < -0.3 is 15.1 Å². The topological polar surface area (TPSA) is 48.5 Å². The lowest BCUT2D eigenvalue weighted by molar-refractivity contribution is 0.187. The van der Waals surface area contributed by atoms with E-state index in [1.165, 1.54) is 6.07 Å². The first-order valence-corrected chi connectivity index (χ1v) is 7.86. The second-order valence-electron chi connectivity index (χ2n) is 5.84. The minimum absolute atomic E-state index is 0.219. The third-order valence-corrected chi connectivity index (χ3v) is 3.59. The van der Waals surface area contributed by atoms with Gasteiger partial charge in [-0.15, -0.1) is 0 Å². The van der Waals surface area contributed by atoms with Crippen molar-refractivity contribution in [1.82, 2.24) is 20.1 Å². The normalized spacial score (nSPS) is 10.7. The molecule has 128 valence electrons. The summed E-state index contributed by atoms with van der Waals surface area (Å²) in [5.41, 5.74) is 1.43. The summed E-state index contributed by atoms with van der Waals surface area (Å²) in [6.45, 7) is 1.84. The van der Waals surface area contributed by atoms with Gasteiger partial charge in [-0.2, -0.15) is 0 Å². The Morgan fingerprint density at radius 1 is 1.17 bits per heavy atom. The van der Waals surface area contributed by atoms with Gasteiger partial charge in [0.15, 0.2) is 0 Å². The van der Waals surface area contributed by atoms with E-state index in [2.05, 4.69) is 10.3 Å². The molecule has 6 heteroatoms. The predicted octanol–water partition coefficient (Wildman–Crippen LogP) is 2.49. The maximum atomic E-state index is 13.9. The van der Waals surface area contributed by atoms with E-state index < -0.39 is 0 Å². The average molecular weight is 330 g/mol. The van der Waals surface area contributed by atoms with Gasteiger partial charge in [0.1, 0.15) is 5.82 Å². The van der Waals surface area contributed by atoms with Gasteiger partial charge in [-0.1, -0.05) is 24.3 Å². The Kier molecular flexibility index (Phi) is 6.69. The Hall–Kier alpha value is -2.47. The minimum atomic E-state index is -0.299. The van der Waals surface area contributed by atoms with Gasteiger partial charge >= 0.3 is 6.03 Å². The highest BCUT2D eigenvalue weighted by molar-refractivity contribution is 5.74. The number of rotatable bonds is 7. The van der Waals surface area contributed by atoms with Crippen LogP contribution in [0.25, 0.3) is 0 Å². The highest BCUT2D eigenvalue weighted by atomic mass is 19.1. The molecule has 0 fully saturated rings. The number of hydrogen-bond acceptors (Lipinski definition) is 3. The number of carbonyl (C=O) groups is 1. The summed E-state index contributed by atoms with van der Waals surface area (Å²) in [6.07, 6.45) is 3.40. The molecule has 1 aromatic carbocycles. The fourth-order valence-electron chi connectivity index (χ4n) is 2.20. The minimum Gasteiger partial charge on any atom is -0.334 e. The summed E-state index contributed by atoms with van der Waals surface area (Å²) in [5, 5.41) is 2.87. The molecule has 2 aromatic rings. The summed E-state index contributed by atoms with van der Waals surface area (Å²) in [4.78, 5) is 20.1. The zero-order valence-electron chi connectivity index (χ0n) is 14.1. The summed E-state index contributed by atoms with van der Waals surface area (Å²) < 4.78 is 13.9. The molecule has 0 bridgehead atoms. The lowest BCUT2D eigenvalue weighted by Gasteiger charge is -2.25. The van der Waals surface area contributed by atoms with Gasteiger partial charge in [0.25, 0.3) is 0 Å². The van der Waals surface area contributed by atoms with Crippen LogP contribution in [0, 0.1) is 5.82 Å². The van der Waals surface area contributed by atoms with Crippen LogP contribution in [-0.4, -0.2) is 48.0 Å². The number of amides is 2. The SMILES string of the molecule is CN(C)CCN(Cc1ccccc1F)C(=O)NCc1cccnc1. The molecule has 0 atom stereocenters. The average Bonchev–Trinajstić information content (AvgIpc) is 2.58. The number of nitrogens with zero attached hydrogens (tertiary/aromatic N) is 3. The maximum absolute atomic E-state index is 13.9. The zero-order valence-corrected chi connectivity index (χ0v) is 14.1. The van der Waals surface area contributed by atoms with Crippen LogP contribution >= 0.6 is 0 Å². The molecule has 5 nitrogen and oxygen atoms in total. The molecule has 0 saturated heterocycles. The first kappa shape index (κ1) is 17.9. The molecular formula is C18H23FN4O. The predicted molar refractivity (Wildman–Crippen MR) is 91.8 cm³/mol. The van der Waals surface area contributed by atoms with Crippen molar-refractivity contribution in [2.24, 2.45) is 0 Å². The Morgan fingerprint density at radius 3 is 2.62 bits per heavy atom. The number of halogens is 1. The van der Waals surface area contributed by atoms with Gasteiger partial charge in [-0.3, -0.25) is 4.98 Å². The molecule has 0 aliphatic heterocycles. The van der Waals surface area contributed by atoms with Gasteiger partial charge in [-0.25, -0.2) is 9.18 Å². The Bertz CT molecular complexity index is 648. The molecule has 24 heavy (non-hydrogen) atoms. The van der Waals surface area contributed by atoms with Crippen LogP contribution in [0.4, 0.5) is 9.18 Å². The molecule has 2 amide bonds. The highest BCUT2D eigenvalue weighted by Crippen LogP contribution is 2.10. The Labute approximate surface area is 142 Å². The lowest BCUT2D eigenvalue weighted by atomic mass is 10.2. The van der Waals surface area contributed by atoms with Crippen LogP contribution in [0.1, 0.15) is 11.1 Å². The van der Waals surface area contributed by atoms with E-state index in [0.29, 0.717) is 25.2 Å². The molecular weight excluding hydrogens is 307 g/mol. The number of urea groups is 1. The van der Waals surface area contributed by atoms with Crippen LogP contribution < -0.4 is 5.32 Å². The van der Waals surface area contributed by atoms with E-state index in [9.17, 15) is 9.18 Å². The van der Waals surface area contributed by atoms with E-state index in [-0.39, 0.29) is 18.4 Å². The van der Waals surface area contributed by atoms with Crippen LogP contribution in [0.2, 0.25) is 0 Å². The van der Waals surface area contributed by atoms with Crippen molar-refractivity contribution in [2.45, 2.75) is 13.1 Å². The van der Waals surface area contributed by atoms with E-state index >= 15 is 0 Å². The molecule has 0 spiro atoms. The molecule has 0 aliphatic carbocycles. The number of benzene rings is 1. The van der Waals surface area contributed by atoms with Crippen LogP contribution in [0.5, 0.6) is 0 Å². The molecule has 2 rings (SSSR count). The molecule has 0 aliphatic rings. The lowest BCUT2D eigenvalue weighted by Crippen LogP contribution is -2.42. The van der Waals surface area contributed by atoms with Gasteiger partial charge in [0.2, 0.25) is 0 Å². The standard InChI is InChI=1S/C18H23FN4O/c1-22(2)10-11-23(14-16-7-3-4-8-17(16)19)18(24)21-13-15-6-5-9-20-12-15/h3-9,12H,10-11,13-14H2,1-2H3,(H,21,24). The highest BCUT2D eigenvalue weighted by Gasteiger charge is 2.15. The summed E-state index contributed by atoms with van der Waals surface area (Å²) in [7, 11) is 3.88. The van der Waals surface area contributed by atoms with E-state index in [4.69, 9.17) is 0 Å². The van der Waals surface area contributed by atoms with Crippen LogP contribution in [0.15, 0.2) is 48.8 Å². The Balaban J connectivity index is 2.01. The monoisotopic (exact) mass is 330 g/mol. The van der Waals surface area contributed by atoms with E-state index in [0.717, 1.165) is 5.56 Å². The van der Waals surface area contributed by atoms with Crippen LogP contribution in [0.3, 0.4) is 0 Å². The van der Waals surface area contributed by atoms with Gasteiger partial charge in [0, 0.05) is 37.6 Å². The maximum Gasteiger partial charge on any atom is 0.318 e. The van der Waals surface area contributed by atoms with Crippen molar-refractivity contribution in [2.75, 3.05) is 27.2 Å². The van der Waals surface area contributed by atoms with Crippen molar-refractivity contribution < 1.29 is 9.18 Å². The summed E-state index contributed by atoms with van der Waals surface area (Å²) in [5.74, 6) is -0.299. The fourth-order valence-corrected chi connectivity index (χ4v) is 2.20. The number of likely N-dealkylation sites (N-methyl/N-ethyl adjacent to an activating group) is 1. The zero-order chi connectivity index (χ0) is 17.4. The van der Waals surface area contributed by atoms with Crippen molar-refractivity contribution >= 4 is 6.03 Å². The second kappa shape index (κ2) is 8.98. The first-order chi connectivity index (χ1) is 11.6. The van der Waals surface area contributed by atoms with Crippen molar-refractivity contribution in [3.63, 3.8) is 0 Å². The van der Waals surface area contributed by atoms with Crippen molar-refractivity contribution in [1.29, 1.82) is 0 Å². The smallest absolute Gasteiger partial charge is 0.318 e. The van der Waals surface area contributed by atoms with Gasteiger partial charge in [0.05, 0.1) is 6.54 Å². The van der Waals surface area contributed by atoms with Gasteiger partial charge in [-0.05, 0) is 31.8 Å². The molecule has 0 unspecified atom stereocenters. The van der Waals surface area contributed by atoms with E-state index in [1.54, 1.807) is 35.5 Å². The quantitative estimate of drug-likeness (QED) is 0.848. The Morgan fingerprint density at radius 2 is 1.96 bits per heavy atom. The number of hydrogen-bond donors (Lipinski definition) is 1. The molecule has 1 N–H and O–H groups in total. The largest absolute Gasteiger partial charge is 0.334 e. The number of pyridine rings is 1. The number of aromatic nitrogens is 1. The molecule has 0 saturated carbocycles. The summed E-state index contributed by atoms with van der Waals surface area (Å²) >= 11 is 0. The number of nitrogens with one attached hydrogen (secondary N) is 1. The third-order valence-electron chi connectivity index (χ3n) is 3.59. The fraction of sp³-hybridized carbons (Fsp3) is 0.333. The molecule has 0 radical (unpaired) electrons. The van der Waals surface area contributed by atoms with Crippen molar-refractivity contribution in [3.05, 3.63) is 65.7 Å². The first-order valence-electron chi connectivity index (χ1n) is 7.86. The second-order valence-corrected chi connectivity index (χ2v) is 5.84.